The highest BCUT2D eigenvalue weighted by molar-refractivity contribution is 7.92. The van der Waals surface area contributed by atoms with Gasteiger partial charge in [0.25, 0.3) is 5.91 Å². The van der Waals surface area contributed by atoms with E-state index in [1.807, 2.05) is 0 Å². The third-order valence-electron chi connectivity index (χ3n) is 6.44. The zero-order valence-electron chi connectivity index (χ0n) is 16.0. The zero-order valence-corrected chi connectivity index (χ0v) is 16.8. The Hall–Kier alpha value is -2.09. The maximum Gasteiger partial charge on any atom is 0.269 e. The molecule has 1 aromatic rings. The van der Waals surface area contributed by atoms with Crippen molar-refractivity contribution in [3.05, 3.63) is 29.8 Å². The SMILES string of the molecule is CS(=O)(=O)Nc1cccc(C(=O)NNC(=O)CC23CC4CC(CC(C4)C2)C3)c1. The van der Waals surface area contributed by atoms with Gasteiger partial charge in [-0.2, -0.15) is 0 Å². The first-order valence-electron chi connectivity index (χ1n) is 9.87. The smallest absolute Gasteiger partial charge is 0.269 e. The molecule has 152 valence electrons. The molecule has 0 unspecified atom stereocenters. The van der Waals surface area contributed by atoms with Crippen LogP contribution in [0.25, 0.3) is 0 Å². The van der Waals surface area contributed by atoms with Crippen LogP contribution in [0.3, 0.4) is 0 Å². The standard InChI is InChI=1S/C20H27N3O4S/c1-28(26,27)23-17-4-2-3-16(8-17)19(25)22-21-18(24)12-20-9-13-5-14(10-20)7-15(6-13)11-20/h2-4,8,13-15,23H,5-7,9-12H2,1H3,(H,21,24)(H,22,25). The topological polar surface area (TPSA) is 104 Å². The highest BCUT2D eigenvalue weighted by Crippen LogP contribution is 2.61. The van der Waals surface area contributed by atoms with E-state index in [-0.39, 0.29) is 16.9 Å². The molecule has 0 atom stereocenters. The van der Waals surface area contributed by atoms with Gasteiger partial charge in [-0.25, -0.2) is 8.42 Å². The van der Waals surface area contributed by atoms with Gasteiger partial charge in [-0.3, -0.25) is 25.2 Å². The Labute approximate surface area is 165 Å². The van der Waals surface area contributed by atoms with Gasteiger partial charge < -0.3 is 0 Å². The van der Waals surface area contributed by atoms with E-state index >= 15 is 0 Å². The van der Waals surface area contributed by atoms with Crippen LogP contribution in [-0.2, 0) is 14.8 Å². The van der Waals surface area contributed by atoms with Crippen LogP contribution in [0.15, 0.2) is 24.3 Å². The summed E-state index contributed by atoms with van der Waals surface area (Å²) in [5, 5.41) is 0. The normalized spacial score (nSPS) is 30.7. The zero-order chi connectivity index (χ0) is 19.9. The maximum atomic E-state index is 12.5. The van der Waals surface area contributed by atoms with Crippen molar-refractivity contribution < 1.29 is 18.0 Å². The van der Waals surface area contributed by atoms with E-state index in [4.69, 9.17) is 0 Å². The largest absolute Gasteiger partial charge is 0.284 e. The predicted octanol–water partition coefficient (Wildman–Crippen LogP) is 2.43. The fourth-order valence-electron chi connectivity index (χ4n) is 6.03. The second-order valence-corrected chi connectivity index (χ2v) is 10.8. The number of nitrogens with one attached hydrogen (secondary N) is 3. The molecule has 8 heteroatoms. The minimum absolute atomic E-state index is 0.114. The summed E-state index contributed by atoms with van der Waals surface area (Å²) < 4.78 is 25.0. The second kappa shape index (κ2) is 7.06. The molecule has 4 aliphatic rings. The Morgan fingerprint density at radius 3 is 2.21 bits per heavy atom. The van der Waals surface area contributed by atoms with E-state index < -0.39 is 15.9 Å². The molecule has 1 aromatic carbocycles. The molecule has 0 aromatic heterocycles. The molecule has 0 radical (unpaired) electrons. The molecule has 3 N–H and O–H groups in total. The number of benzene rings is 1. The highest BCUT2D eigenvalue weighted by Gasteiger charge is 2.51. The number of amides is 2. The number of sulfonamides is 1. The lowest BCUT2D eigenvalue weighted by molar-refractivity contribution is -0.130. The number of anilines is 1. The van der Waals surface area contributed by atoms with Gasteiger partial charge in [-0.1, -0.05) is 6.07 Å². The molecular weight excluding hydrogens is 378 g/mol. The molecule has 4 aliphatic carbocycles. The fraction of sp³-hybridized carbons (Fsp3) is 0.600. The van der Waals surface area contributed by atoms with Crippen molar-refractivity contribution in [1.82, 2.24) is 10.9 Å². The first-order valence-corrected chi connectivity index (χ1v) is 11.8. The molecule has 5 rings (SSSR count). The van der Waals surface area contributed by atoms with Gasteiger partial charge in [0, 0.05) is 17.7 Å². The van der Waals surface area contributed by atoms with Crippen LogP contribution in [0.5, 0.6) is 0 Å². The molecule has 2 amide bonds. The van der Waals surface area contributed by atoms with E-state index in [0.29, 0.717) is 12.1 Å². The van der Waals surface area contributed by atoms with Crippen LogP contribution in [0.2, 0.25) is 0 Å². The van der Waals surface area contributed by atoms with Crippen molar-refractivity contribution in [3.63, 3.8) is 0 Å². The minimum atomic E-state index is -3.42. The molecule has 4 saturated carbocycles. The van der Waals surface area contributed by atoms with Crippen molar-refractivity contribution in [2.45, 2.75) is 44.9 Å². The van der Waals surface area contributed by atoms with Crippen molar-refractivity contribution in [1.29, 1.82) is 0 Å². The van der Waals surface area contributed by atoms with Gasteiger partial charge in [-0.15, -0.1) is 0 Å². The summed E-state index contributed by atoms with van der Waals surface area (Å²) in [6.07, 6.45) is 8.91. The summed E-state index contributed by atoms with van der Waals surface area (Å²) in [6.45, 7) is 0. The molecule has 28 heavy (non-hydrogen) atoms. The quantitative estimate of drug-likeness (QED) is 0.655. The van der Waals surface area contributed by atoms with Crippen molar-refractivity contribution in [2.75, 3.05) is 11.0 Å². The molecule has 0 heterocycles. The Morgan fingerprint density at radius 2 is 1.64 bits per heavy atom. The van der Waals surface area contributed by atoms with Crippen molar-refractivity contribution >= 4 is 27.5 Å². The fourth-order valence-corrected chi connectivity index (χ4v) is 6.58. The van der Waals surface area contributed by atoms with E-state index in [0.717, 1.165) is 43.3 Å². The Bertz CT molecular complexity index is 861. The molecule has 0 spiro atoms. The lowest BCUT2D eigenvalue weighted by atomic mass is 9.49. The van der Waals surface area contributed by atoms with E-state index in [1.165, 1.54) is 25.3 Å². The first-order chi connectivity index (χ1) is 13.2. The maximum absolute atomic E-state index is 12.5. The molecular formula is C20H27N3O4S. The number of hydrazine groups is 1. The summed E-state index contributed by atoms with van der Waals surface area (Å²) in [6, 6.07) is 6.14. The summed E-state index contributed by atoms with van der Waals surface area (Å²) in [5.41, 5.74) is 5.68. The average Bonchev–Trinajstić information content (AvgIpc) is 2.56. The number of carbonyl (C=O) groups excluding carboxylic acids is 2. The van der Waals surface area contributed by atoms with Crippen LogP contribution in [0.1, 0.15) is 55.3 Å². The monoisotopic (exact) mass is 405 g/mol. The van der Waals surface area contributed by atoms with Crippen molar-refractivity contribution in [3.8, 4) is 0 Å². The predicted molar refractivity (Wildman–Crippen MR) is 106 cm³/mol. The van der Waals surface area contributed by atoms with Gasteiger partial charge in [0.1, 0.15) is 0 Å². The van der Waals surface area contributed by atoms with Gasteiger partial charge in [0.15, 0.2) is 0 Å². The van der Waals surface area contributed by atoms with Crippen LogP contribution in [0.4, 0.5) is 5.69 Å². The molecule has 0 aliphatic heterocycles. The Balaban J connectivity index is 1.33. The number of rotatable bonds is 5. The minimum Gasteiger partial charge on any atom is -0.284 e. The number of hydrogen-bond donors (Lipinski definition) is 3. The van der Waals surface area contributed by atoms with Gasteiger partial charge >= 0.3 is 0 Å². The third-order valence-corrected chi connectivity index (χ3v) is 7.05. The van der Waals surface area contributed by atoms with Crippen LogP contribution in [-0.4, -0.2) is 26.5 Å². The Morgan fingerprint density at radius 1 is 1.04 bits per heavy atom. The summed E-state index contributed by atoms with van der Waals surface area (Å²) in [7, 11) is -3.42. The van der Waals surface area contributed by atoms with Crippen LogP contribution >= 0.6 is 0 Å². The van der Waals surface area contributed by atoms with Gasteiger partial charge in [0.05, 0.1) is 6.26 Å². The lowest BCUT2D eigenvalue weighted by Gasteiger charge is -2.56. The van der Waals surface area contributed by atoms with E-state index in [2.05, 4.69) is 15.6 Å². The van der Waals surface area contributed by atoms with Crippen molar-refractivity contribution in [2.24, 2.45) is 23.2 Å². The average molecular weight is 406 g/mol. The van der Waals surface area contributed by atoms with Gasteiger partial charge in [-0.05, 0) is 79.9 Å². The lowest BCUT2D eigenvalue weighted by Crippen LogP contribution is -2.50. The third kappa shape index (κ3) is 4.32. The molecule has 0 saturated heterocycles. The van der Waals surface area contributed by atoms with Gasteiger partial charge in [0.2, 0.25) is 15.9 Å². The van der Waals surface area contributed by atoms with E-state index in [9.17, 15) is 18.0 Å². The Kier molecular flexibility index (Phi) is 4.85. The van der Waals surface area contributed by atoms with E-state index in [1.54, 1.807) is 18.2 Å². The summed E-state index contributed by atoms with van der Waals surface area (Å²) in [4.78, 5) is 24.8. The molecule has 7 nitrogen and oxygen atoms in total. The molecule has 4 bridgehead atoms. The number of hydrogen-bond acceptors (Lipinski definition) is 4. The number of carbonyl (C=O) groups is 2. The van der Waals surface area contributed by atoms with Crippen LogP contribution in [0, 0.1) is 23.2 Å². The molecule has 4 fully saturated rings. The first kappa shape index (κ1) is 19.2. The highest BCUT2D eigenvalue weighted by atomic mass is 32.2. The summed E-state index contributed by atoms with van der Waals surface area (Å²) >= 11 is 0. The second-order valence-electron chi connectivity index (χ2n) is 9.05. The summed E-state index contributed by atoms with van der Waals surface area (Å²) in [5.74, 6) is 1.70. The van der Waals surface area contributed by atoms with Crippen LogP contribution < -0.4 is 15.6 Å².